The number of ether oxygens (including phenoxy) is 1. The fraction of sp³-hybridized carbons (Fsp3) is 0.300. The first kappa shape index (κ1) is 20.0. The van der Waals surface area contributed by atoms with Crippen LogP contribution in [0.4, 0.5) is 13.9 Å². The fourth-order valence-corrected chi connectivity index (χ4v) is 3.33. The second kappa shape index (κ2) is 8.97. The summed E-state index contributed by atoms with van der Waals surface area (Å²) in [5.41, 5.74) is 1.55. The lowest BCUT2D eigenvalue weighted by Crippen LogP contribution is -2.18. The van der Waals surface area contributed by atoms with Gasteiger partial charge in [0.15, 0.2) is 16.8 Å². The van der Waals surface area contributed by atoms with E-state index in [-0.39, 0.29) is 18.3 Å². The van der Waals surface area contributed by atoms with E-state index in [1.165, 1.54) is 17.4 Å². The Morgan fingerprint density at radius 3 is 2.79 bits per heavy atom. The highest BCUT2D eigenvalue weighted by Crippen LogP contribution is 2.18. The third-order valence-electron chi connectivity index (χ3n) is 3.97. The zero-order valence-corrected chi connectivity index (χ0v) is 16.4. The van der Waals surface area contributed by atoms with E-state index in [4.69, 9.17) is 4.74 Å². The average molecular weight is 405 g/mol. The molecule has 1 amide bonds. The Labute approximate surface area is 166 Å². The van der Waals surface area contributed by atoms with Crippen molar-refractivity contribution in [1.29, 1.82) is 0 Å². The topological polar surface area (TPSA) is 56.2 Å². The minimum Gasteiger partial charge on any atom is -0.492 e. The Morgan fingerprint density at radius 2 is 2.11 bits per heavy atom. The number of halogens is 2. The third-order valence-corrected chi connectivity index (χ3v) is 4.66. The summed E-state index contributed by atoms with van der Waals surface area (Å²) in [5, 5.41) is 5.10. The van der Waals surface area contributed by atoms with E-state index in [1.807, 2.05) is 12.3 Å². The molecule has 0 aliphatic carbocycles. The van der Waals surface area contributed by atoms with Gasteiger partial charge in [-0.1, -0.05) is 13.8 Å². The number of aromatic nitrogens is 2. The van der Waals surface area contributed by atoms with Gasteiger partial charge in [0.25, 0.3) is 5.91 Å². The number of amides is 1. The van der Waals surface area contributed by atoms with Crippen LogP contribution in [0.5, 0.6) is 5.75 Å². The van der Waals surface area contributed by atoms with E-state index < -0.39 is 11.6 Å². The first-order chi connectivity index (χ1) is 13.4. The van der Waals surface area contributed by atoms with Crippen LogP contribution >= 0.6 is 11.3 Å². The highest BCUT2D eigenvalue weighted by atomic mass is 32.1. The quantitative estimate of drug-likeness (QED) is 0.588. The smallest absolute Gasteiger partial charge is 0.274 e. The number of hydrogen-bond acceptors (Lipinski definition) is 4. The van der Waals surface area contributed by atoms with Crippen molar-refractivity contribution in [2.45, 2.75) is 26.8 Å². The molecule has 2 heterocycles. The van der Waals surface area contributed by atoms with Gasteiger partial charge in [0.2, 0.25) is 0 Å². The van der Waals surface area contributed by atoms with Crippen molar-refractivity contribution in [1.82, 2.24) is 9.55 Å². The van der Waals surface area contributed by atoms with Crippen molar-refractivity contribution in [3.8, 4) is 5.75 Å². The van der Waals surface area contributed by atoms with Gasteiger partial charge in [-0.2, -0.15) is 0 Å². The molecule has 1 N–H and O–H groups in total. The average Bonchev–Trinajstić information content (AvgIpc) is 3.27. The molecule has 0 aliphatic heterocycles. The van der Waals surface area contributed by atoms with Crippen LogP contribution in [-0.4, -0.2) is 22.1 Å². The van der Waals surface area contributed by atoms with Crippen molar-refractivity contribution in [3.63, 3.8) is 0 Å². The van der Waals surface area contributed by atoms with E-state index in [2.05, 4.69) is 24.1 Å². The van der Waals surface area contributed by atoms with Crippen LogP contribution in [0.15, 0.2) is 42.0 Å². The second-order valence-corrected chi connectivity index (χ2v) is 7.64. The molecule has 1 aromatic carbocycles. The predicted octanol–water partition coefficient (Wildman–Crippen LogP) is 4.75. The maximum absolute atomic E-state index is 13.3. The fourth-order valence-electron chi connectivity index (χ4n) is 2.80. The molecule has 0 saturated heterocycles. The van der Waals surface area contributed by atoms with Crippen molar-refractivity contribution in [3.05, 3.63) is 64.9 Å². The van der Waals surface area contributed by atoms with Gasteiger partial charge in [0, 0.05) is 23.8 Å². The lowest BCUT2D eigenvalue weighted by atomic mass is 10.1. The number of hydrogen-bond donors (Lipinski definition) is 1. The van der Waals surface area contributed by atoms with E-state index in [1.54, 1.807) is 16.1 Å². The molecule has 28 heavy (non-hydrogen) atoms. The number of carbonyl (C=O) groups excluding carboxylic acids is 1. The number of nitrogens with zero attached hydrogens (tertiary/aromatic N) is 2. The van der Waals surface area contributed by atoms with Crippen LogP contribution in [0.1, 0.15) is 29.9 Å². The first-order valence-electron chi connectivity index (χ1n) is 8.90. The maximum Gasteiger partial charge on any atom is 0.274 e. The van der Waals surface area contributed by atoms with Crippen LogP contribution in [0.25, 0.3) is 0 Å². The Hall–Kier alpha value is -2.74. The lowest BCUT2D eigenvalue weighted by molar-refractivity contribution is 0.101. The SMILES string of the molecule is CC(C)Cc1cc(C(=O)Nc2nccs2)n(CCOc2ccc(F)c(F)c2)c1. The number of benzene rings is 1. The summed E-state index contributed by atoms with van der Waals surface area (Å²) < 4.78 is 33.6. The molecular weight excluding hydrogens is 384 g/mol. The number of anilines is 1. The van der Waals surface area contributed by atoms with Gasteiger partial charge in [-0.3, -0.25) is 10.1 Å². The van der Waals surface area contributed by atoms with Gasteiger partial charge in [-0.15, -0.1) is 11.3 Å². The van der Waals surface area contributed by atoms with Gasteiger partial charge in [-0.05, 0) is 36.1 Å². The summed E-state index contributed by atoms with van der Waals surface area (Å²) in [5.74, 6) is -1.44. The molecule has 8 heteroatoms. The predicted molar refractivity (Wildman–Crippen MR) is 105 cm³/mol. The highest BCUT2D eigenvalue weighted by Gasteiger charge is 2.16. The molecule has 0 fully saturated rings. The molecular formula is C20H21F2N3O2S. The van der Waals surface area contributed by atoms with E-state index in [0.29, 0.717) is 23.3 Å². The Balaban J connectivity index is 1.71. The number of nitrogens with one attached hydrogen (secondary N) is 1. The summed E-state index contributed by atoms with van der Waals surface area (Å²) in [7, 11) is 0. The van der Waals surface area contributed by atoms with Crippen LogP contribution in [0, 0.1) is 17.6 Å². The molecule has 0 atom stereocenters. The molecule has 0 spiro atoms. The largest absolute Gasteiger partial charge is 0.492 e. The van der Waals surface area contributed by atoms with Crippen molar-refractivity contribution >= 4 is 22.4 Å². The Morgan fingerprint density at radius 1 is 1.29 bits per heavy atom. The van der Waals surface area contributed by atoms with Gasteiger partial charge < -0.3 is 9.30 Å². The Kier molecular flexibility index (Phi) is 6.41. The van der Waals surface area contributed by atoms with Crippen LogP contribution in [0.2, 0.25) is 0 Å². The first-order valence-corrected chi connectivity index (χ1v) is 9.78. The summed E-state index contributed by atoms with van der Waals surface area (Å²) in [4.78, 5) is 16.7. The second-order valence-electron chi connectivity index (χ2n) is 6.74. The highest BCUT2D eigenvalue weighted by molar-refractivity contribution is 7.13. The third kappa shape index (κ3) is 5.16. The number of carbonyl (C=O) groups is 1. The van der Waals surface area contributed by atoms with Gasteiger partial charge in [0.1, 0.15) is 18.1 Å². The summed E-state index contributed by atoms with van der Waals surface area (Å²) in [6, 6.07) is 5.26. The molecule has 148 valence electrons. The number of rotatable bonds is 8. The molecule has 2 aromatic heterocycles. The van der Waals surface area contributed by atoms with Crippen molar-refractivity contribution in [2.24, 2.45) is 5.92 Å². The molecule has 3 rings (SSSR count). The van der Waals surface area contributed by atoms with Crippen molar-refractivity contribution in [2.75, 3.05) is 11.9 Å². The summed E-state index contributed by atoms with van der Waals surface area (Å²) in [6.45, 7) is 4.81. The zero-order valence-electron chi connectivity index (χ0n) is 15.6. The molecule has 0 saturated carbocycles. The summed E-state index contributed by atoms with van der Waals surface area (Å²) >= 11 is 1.34. The minimum absolute atomic E-state index is 0.207. The van der Waals surface area contributed by atoms with Gasteiger partial charge >= 0.3 is 0 Å². The van der Waals surface area contributed by atoms with E-state index in [9.17, 15) is 13.6 Å². The monoisotopic (exact) mass is 405 g/mol. The van der Waals surface area contributed by atoms with Crippen LogP contribution in [0.3, 0.4) is 0 Å². The van der Waals surface area contributed by atoms with Crippen LogP contribution in [-0.2, 0) is 13.0 Å². The normalized spacial score (nSPS) is 11.0. The molecule has 0 unspecified atom stereocenters. The van der Waals surface area contributed by atoms with Gasteiger partial charge in [-0.25, -0.2) is 13.8 Å². The van der Waals surface area contributed by atoms with Crippen molar-refractivity contribution < 1.29 is 18.3 Å². The van der Waals surface area contributed by atoms with Crippen LogP contribution < -0.4 is 10.1 Å². The zero-order chi connectivity index (χ0) is 20.1. The van der Waals surface area contributed by atoms with Gasteiger partial charge in [0.05, 0.1) is 6.54 Å². The molecule has 3 aromatic rings. The molecule has 0 aliphatic rings. The Bertz CT molecular complexity index is 939. The summed E-state index contributed by atoms with van der Waals surface area (Å²) in [6.07, 6.45) is 4.39. The number of thiazole rings is 1. The molecule has 0 radical (unpaired) electrons. The molecule has 5 nitrogen and oxygen atoms in total. The maximum atomic E-state index is 13.3. The standard InChI is InChI=1S/C20H21F2N3O2S/c1-13(2)9-14-10-18(19(26)24-20-23-5-8-28-20)25(12-14)6-7-27-15-3-4-16(21)17(22)11-15/h3-5,8,10-13H,6-7,9H2,1-2H3,(H,23,24,26). The molecule has 0 bridgehead atoms. The minimum atomic E-state index is -0.957. The van der Waals surface area contributed by atoms with E-state index in [0.717, 1.165) is 24.1 Å². The lowest BCUT2D eigenvalue weighted by Gasteiger charge is -2.10. The van der Waals surface area contributed by atoms with E-state index >= 15 is 0 Å².